The van der Waals surface area contributed by atoms with Crippen LogP contribution in [0.3, 0.4) is 0 Å². The molecule has 216 valence electrons. The number of hydrogen-bond donors (Lipinski definition) is 6. The molecule has 40 heavy (non-hydrogen) atoms. The van der Waals surface area contributed by atoms with E-state index in [1.807, 2.05) is 25.1 Å². The summed E-state index contributed by atoms with van der Waals surface area (Å²) >= 11 is 0. The van der Waals surface area contributed by atoms with Gasteiger partial charge in [0.25, 0.3) is 5.91 Å². The number of carbonyl (C=O) groups is 3. The van der Waals surface area contributed by atoms with E-state index in [9.17, 15) is 34.8 Å². The zero-order chi connectivity index (χ0) is 29.3. The first-order valence-corrected chi connectivity index (χ1v) is 13.7. The fraction of sp³-hybridized carbons (Fsp3) is 0.552. The van der Waals surface area contributed by atoms with Crippen LogP contribution in [0.5, 0.6) is 5.75 Å². The van der Waals surface area contributed by atoms with Crippen molar-refractivity contribution in [1.29, 1.82) is 0 Å². The maximum atomic E-state index is 14.1. The second kappa shape index (κ2) is 9.90. The highest BCUT2D eigenvalue weighted by Gasteiger charge is 2.63. The number of rotatable bonds is 6. The van der Waals surface area contributed by atoms with Crippen molar-refractivity contribution in [3.05, 3.63) is 45.4 Å². The van der Waals surface area contributed by atoms with E-state index in [-0.39, 0.29) is 29.7 Å². The maximum Gasteiger partial charge on any atom is 0.255 e. The van der Waals surface area contributed by atoms with Gasteiger partial charge < -0.3 is 36.4 Å². The summed E-state index contributed by atoms with van der Waals surface area (Å²) in [5.74, 6) is -6.44. The molecule has 0 heterocycles. The highest BCUT2D eigenvalue weighted by Crippen LogP contribution is 2.53. The lowest BCUT2D eigenvalue weighted by molar-refractivity contribution is -0.148. The number of nitrogens with zero attached hydrogens (tertiary/aromatic N) is 2. The van der Waals surface area contributed by atoms with Crippen LogP contribution in [-0.4, -0.2) is 88.7 Å². The summed E-state index contributed by atoms with van der Waals surface area (Å²) in [4.78, 5) is 43.1. The van der Waals surface area contributed by atoms with E-state index in [0.29, 0.717) is 23.7 Å². The first-order chi connectivity index (χ1) is 18.8. The van der Waals surface area contributed by atoms with E-state index in [0.717, 1.165) is 31.4 Å². The lowest BCUT2D eigenvalue weighted by atomic mass is 9.58. The highest BCUT2D eigenvalue weighted by molar-refractivity contribution is 6.24. The smallest absolute Gasteiger partial charge is 0.255 e. The van der Waals surface area contributed by atoms with Crippen molar-refractivity contribution in [2.75, 3.05) is 33.1 Å². The van der Waals surface area contributed by atoms with Crippen molar-refractivity contribution >= 4 is 23.2 Å². The van der Waals surface area contributed by atoms with E-state index < -0.39 is 58.0 Å². The summed E-state index contributed by atoms with van der Waals surface area (Å²) in [6.07, 6.45) is 4.70. The number of aromatic hydroxyl groups is 1. The minimum absolute atomic E-state index is 0.0372. The Morgan fingerprint density at radius 1 is 1.12 bits per heavy atom. The van der Waals surface area contributed by atoms with Gasteiger partial charge in [-0.1, -0.05) is 12.8 Å². The number of Topliss-reactive ketones (excluding diaryl/α,β-unsaturated/α-hetero) is 2. The summed E-state index contributed by atoms with van der Waals surface area (Å²) in [5, 5.41) is 49.0. The number of primary amides is 1. The standard InChI is InChI=1S/C29H38N4O7/c1-32(2)18-11-14(12-31-15-7-5-6-8-15)23(34)20-16(18)9-13-10-17-22(33(3)4)25(36)21(28(30)39)27(38)29(17,40)26(37)19(13)24(20)35/h11,13,15,17,22,31,34,36-37,40H,5-10,12H2,1-4H3,(H2,30,39)/t13-,17-,22?,29+/m1/s1. The van der Waals surface area contributed by atoms with Crippen LogP contribution in [0.2, 0.25) is 0 Å². The molecule has 0 aliphatic heterocycles. The zero-order valence-electron chi connectivity index (χ0n) is 23.3. The molecule has 11 nitrogen and oxygen atoms in total. The SMILES string of the molecule is CN(C)c1cc(CNC2CCCC2)c(O)c2c1C[C@@H]1C[C@@H]3C(N(C)C)C(O)=C(C(N)=O)C(=O)[C@@]3(O)C(O)=C1C2=O. The molecule has 1 unspecified atom stereocenters. The van der Waals surface area contributed by atoms with Crippen LogP contribution in [0.1, 0.15) is 53.6 Å². The molecule has 0 bridgehead atoms. The average molecular weight is 555 g/mol. The van der Waals surface area contributed by atoms with Crippen molar-refractivity contribution in [3.8, 4) is 5.75 Å². The number of fused-ring (bicyclic) bond motifs is 3. The first kappa shape index (κ1) is 28.1. The molecule has 7 N–H and O–H groups in total. The monoisotopic (exact) mass is 554 g/mol. The van der Waals surface area contributed by atoms with Gasteiger partial charge in [-0.05, 0) is 57.3 Å². The van der Waals surface area contributed by atoms with Crippen LogP contribution >= 0.6 is 0 Å². The summed E-state index contributed by atoms with van der Waals surface area (Å²) < 4.78 is 0. The number of aliphatic hydroxyl groups is 3. The van der Waals surface area contributed by atoms with Gasteiger partial charge in [-0.2, -0.15) is 0 Å². The molecule has 0 spiro atoms. The fourth-order valence-corrected chi connectivity index (χ4v) is 7.27. The Morgan fingerprint density at radius 2 is 1.77 bits per heavy atom. The molecule has 4 aliphatic carbocycles. The topological polar surface area (TPSA) is 177 Å². The molecule has 1 saturated carbocycles. The minimum Gasteiger partial charge on any atom is -0.510 e. The van der Waals surface area contributed by atoms with Crippen LogP contribution in [0, 0.1) is 11.8 Å². The Labute approximate surface area is 232 Å². The van der Waals surface area contributed by atoms with Gasteiger partial charge in [0.15, 0.2) is 11.4 Å². The molecule has 4 atom stereocenters. The predicted molar refractivity (Wildman–Crippen MR) is 147 cm³/mol. The van der Waals surface area contributed by atoms with Crippen molar-refractivity contribution in [2.45, 2.75) is 62.8 Å². The van der Waals surface area contributed by atoms with Crippen LogP contribution in [0.15, 0.2) is 28.7 Å². The molecule has 0 aromatic heterocycles. The Balaban J connectivity index is 1.65. The number of carbonyl (C=O) groups excluding carboxylic acids is 3. The molecule has 1 aromatic carbocycles. The van der Waals surface area contributed by atoms with E-state index in [4.69, 9.17) is 5.73 Å². The van der Waals surface area contributed by atoms with E-state index in [2.05, 4.69) is 5.32 Å². The normalized spacial score (nSPS) is 28.6. The van der Waals surface area contributed by atoms with Gasteiger partial charge in [0.2, 0.25) is 5.78 Å². The third-order valence-corrected chi connectivity index (χ3v) is 9.20. The Kier molecular flexibility index (Phi) is 6.96. The molecule has 0 saturated heterocycles. The Hall–Kier alpha value is -3.41. The number of benzene rings is 1. The molecule has 4 aliphatic rings. The first-order valence-electron chi connectivity index (χ1n) is 13.7. The van der Waals surface area contributed by atoms with Gasteiger partial charge >= 0.3 is 0 Å². The number of anilines is 1. The summed E-state index contributed by atoms with van der Waals surface area (Å²) in [6.45, 7) is 0.355. The summed E-state index contributed by atoms with van der Waals surface area (Å²) in [6, 6.07) is 1.19. The second-order valence-electron chi connectivity index (χ2n) is 12.0. The molecule has 1 fully saturated rings. The van der Waals surface area contributed by atoms with Gasteiger partial charge in [-0.15, -0.1) is 0 Å². The van der Waals surface area contributed by atoms with Crippen molar-refractivity contribution in [2.24, 2.45) is 17.6 Å². The zero-order valence-corrected chi connectivity index (χ0v) is 23.3. The number of nitrogens with one attached hydrogen (secondary N) is 1. The van der Waals surface area contributed by atoms with Gasteiger partial charge in [0, 0.05) is 49.4 Å². The minimum atomic E-state index is -2.65. The van der Waals surface area contributed by atoms with Crippen molar-refractivity contribution < 1.29 is 34.8 Å². The molecule has 0 radical (unpaired) electrons. The highest BCUT2D eigenvalue weighted by atomic mass is 16.3. The lowest BCUT2D eigenvalue weighted by Gasteiger charge is -2.50. The fourth-order valence-electron chi connectivity index (χ4n) is 7.27. The molecule has 11 heteroatoms. The molecule has 1 amide bonds. The third-order valence-electron chi connectivity index (χ3n) is 9.20. The van der Waals surface area contributed by atoms with Gasteiger partial charge in [-0.25, -0.2) is 0 Å². The second-order valence-corrected chi connectivity index (χ2v) is 12.0. The quantitative estimate of drug-likeness (QED) is 0.280. The lowest BCUT2D eigenvalue weighted by Crippen LogP contribution is -2.63. The summed E-state index contributed by atoms with van der Waals surface area (Å²) in [7, 11) is 6.92. The number of nitrogens with two attached hydrogens (primary N) is 1. The van der Waals surface area contributed by atoms with Crippen LogP contribution in [-0.2, 0) is 22.6 Å². The predicted octanol–water partition coefficient (Wildman–Crippen LogP) is 1.22. The largest absolute Gasteiger partial charge is 0.510 e. The number of ketones is 2. The van der Waals surface area contributed by atoms with E-state index in [1.165, 1.54) is 4.90 Å². The van der Waals surface area contributed by atoms with Crippen LogP contribution in [0.4, 0.5) is 5.69 Å². The molecule has 5 rings (SSSR count). The Morgan fingerprint density at radius 3 is 2.35 bits per heavy atom. The third kappa shape index (κ3) is 4.02. The summed E-state index contributed by atoms with van der Waals surface area (Å²) in [5.41, 5.74) is 3.74. The number of hydrogen-bond acceptors (Lipinski definition) is 10. The molecular formula is C29H38N4O7. The number of allylic oxidation sites excluding steroid dienone is 1. The van der Waals surface area contributed by atoms with E-state index in [1.54, 1.807) is 14.1 Å². The molecular weight excluding hydrogens is 516 g/mol. The van der Waals surface area contributed by atoms with Gasteiger partial charge in [-0.3, -0.25) is 19.3 Å². The van der Waals surface area contributed by atoms with Gasteiger partial charge in [0.1, 0.15) is 22.8 Å². The Bertz CT molecular complexity index is 1360. The number of likely N-dealkylation sites (N-methyl/N-ethyl adjacent to an activating group) is 1. The number of amides is 1. The van der Waals surface area contributed by atoms with E-state index >= 15 is 0 Å². The molecule has 1 aromatic rings. The maximum absolute atomic E-state index is 14.1. The number of phenolic OH excluding ortho intramolecular Hbond substituents is 1. The van der Waals surface area contributed by atoms with Crippen molar-refractivity contribution in [1.82, 2.24) is 10.2 Å². The van der Waals surface area contributed by atoms with Crippen molar-refractivity contribution in [3.63, 3.8) is 0 Å². The number of aliphatic hydroxyl groups excluding tert-OH is 2. The van der Waals surface area contributed by atoms with Gasteiger partial charge in [0.05, 0.1) is 11.6 Å². The average Bonchev–Trinajstić information content (AvgIpc) is 3.39. The van der Waals surface area contributed by atoms with Crippen LogP contribution < -0.4 is 16.0 Å². The number of phenols is 1. The van der Waals surface area contributed by atoms with Crippen LogP contribution in [0.25, 0.3) is 0 Å².